The molecule has 1 N–H and O–H groups in total. The molecule has 0 aromatic heterocycles. The molecule has 0 aliphatic rings. The van der Waals surface area contributed by atoms with Crippen LogP contribution in [0.2, 0.25) is 0 Å². The average Bonchev–Trinajstić information content (AvgIpc) is 2.73. The monoisotopic (exact) mass is 381 g/mol. The van der Waals surface area contributed by atoms with Crippen molar-refractivity contribution < 1.29 is 9.53 Å². The van der Waals surface area contributed by atoms with Crippen molar-refractivity contribution in [3.05, 3.63) is 66.2 Å². The SMILES string of the molecule is CCCC(CCC)[C@H](CC)OC(=O)[C@@H](Cc1ccccc1)Nc1ccccc1. The lowest BCUT2D eigenvalue weighted by Crippen LogP contribution is -2.38. The zero-order valence-electron chi connectivity index (χ0n) is 17.6. The van der Waals surface area contributed by atoms with Crippen molar-refractivity contribution in [3.8, 4) is 0 Å². The molecule has 0 saturated carbocycles. The number of hydrogen-bond donors (Lipinski definition) is 1. The Morgan fingerprint density at radius 2 is 1.46 bits per heavy atom. The molecule has 2 atom stereocenters. The van der Waals surface area contributed by atoms with Crippen LogP contribution in [0.15, 0.2) is 60.7 Å². The summed E-state index contributed by atoms with van der Waals surface area (Å²) in [5.41, 5.74) is 2.06. The van der Waals surface area contributed by atoms with Gasteiger partial charge in [0.1, 0.15) is 12.1 Å². The molecule has 0 radical (unpaired) electrons. The van der Waals surface area contributed by atoms with E-state index in [-0.39, 0.29) is 12.1 Å². The van der Waals surface area contributed by atoms with Crippen molar-refractivity contribution in [2.24, 2.45) is 5.92 Å². The van der Waals surface area contributed by atoms with Gasteiger partial charge < -0.3 is 10.1 Å². The lowest BCUT2D eigenvalue weighted by atomic mass is 9.91. The van der Waals surface area contributed by atoms with Crippen LogP contribution in [0.1, 0.15) is 58.4 Å². The topological polar surface area (TPSA) is 38.3 Å². The Labute approximate surface area is 170 Å². The van der Waals surface area contributed by atoms with Crippen LogP contribution < -0.4 is 5.32 Å². The molecule has 2 aromatic carbocycles. The van der Waals surface area contributed by atoms with Gasteiger partial charge in [0.25, 0.3) is 0 Å². The zero-order valence-corrected chi connectivity index (χ0v) is 17.6. The van der Waals surface area contributed by atoms with Crippen molar-refractivity contribution in [3.63, 3.8) is 0 Å². The molecule has 0 aliphatic carbocycles. The van der Waals surface area contributed by atoms with E-state index in [2.05, 4.69) is 38.2 Å². The maximum Gasteiger partial charge on any atom is 0.329 e. The second kappa shape index (κ2) is 12.2. The lowest BCUT2D eigenvalue weighted by Gasteiger charge is -2.28. The first-order chi connectivity index (χ1) is 13.7. The fraction of sp³-hybridized carbons (Fsp3) is 0.480. The third-order valence-corrected chi connectivity index (χ3v) is 5.20. The minimum atomic E-state index is -0.400. The number of anilines is 1. The van der Waals surface area contributed by atoms with Gasteiger partial charge in [-0.05, 0) is 42.9 Å². The van der Waals surface area contributed by atoms with Gasteiger partial charge in [-0.1, -0.05) is 82.1 Å². The van der Waals surface area contributed by atoms with Gasteiger partial charge in [0, 0.05) is 12.1 Å². The molecule has 0 unspecified atom stereocenters. The van der Waals surface area contributed by atoms with Crippen LogP contribution in [0.3, 0.4) is 0 Å². The van der Waals surface area contributed by atoms with Gasteiger partial charge in [0.05, 0.1) is 0 Å². The summed E-state index contributed by atoms with van der Waals surface area (Å²) in [6.45, 7) is 6.52. The molecule has 152 valence electrons. The van der Waals surface area contributed by atoms with Crippen molar-refractivity contribution in [1.29, 1.82) is 0 Å². The van der Waals surface area contributed by atoms with Crippen molar-refractivity contribution in [2.45, 2.75) is 71.4 Å². The average molecular weight is 382 g/mol. The van der Waals surface area contributed by atoms with Gasteiger partial charge in [-0.15, -0.1) is 0 Å². The summed E-state index contributed by atoms with van der Waals surface area (Å²) in [7, 11) is 0. The van der Waals surface area contributed by atoms with E-state index in [1.54, 1.807) is 0 Å². The van der Waals surface area contributed by atoms with Gasteiger partial charge in [-0.25, -0.2) is 4.79 Å². The lowest BCUT2D eigenvalue weighted by molar-refractivity contribution is -0.153. The third kappa shape index (κ3) is 7.03. The Morgan fingerprint density at radius 3 is 2.00 bits per heavy atom. The molecule has 2 aromatic rings. The first-order valence-corrected chi connectivity index (χ1v) is 10.7. The summed E-state index contributed by atoms with van der Waals surface area (Å²) in [6.07, 6.45) is 5.91. The van der Waals surface area contributed by atoms with Gasteiger partial charge in [0.15, 0.2) is 0 Å². The fourth-order valence-corrected chi connectivity index (χ4v) is 3.78. The van der Waals surface area contributed by atoms with Crippen molar-refractivity contribution in [2.75, 3.05) is 5.32 Å². The molecule has 0 bridgehead atoms. The second-order valence-electron chi connectivity index (χ2n) is 7.47. The first kappa shape index (κ1) is 22.0. The molecule has 2 rings (SSSR count). The van der Waals surface area contributed by atoms with E-state index in [0.717, 1.165) is 43.4 Å². The maximum absolute atomic E-state index is 13.1. The van der Waals surface area contributed by atoms with Crippen LogP contribution in [-0.2, 0) is 16.0 Å². The van der Waals surface area contributed by atoms with Gasteiger partial charge in [-0.3, -0.25) is 0 Å². The highest BCUT2D eigenvalue weighted by molar-refractivity contribution is 5.80. The van der Waals surface area contributed by atoms with E-state index in [1.165, 1.54) is 0 Å². The molecule has 0 aliphatic heterocycles. The number of rotatable bonds is 12. The van der Waals surface area contributed by atoms with Crippen molar-refractivity contribution >= 4 is 11.7 Å². The summed E-state index contributed by atoms with van der Waals surface area (Å²) in [5, 5.41) is 3.39. The molecule has 3 nitrogen and oxygen atoms in total. The smallest absolute Gasteiger partial charge is 0.329 e. The van der Waals surface area contributed by atoms with Crippen LogP contribution in [-0.4, -0.2) is 18.1 Å². The Hall–Kier alpha value is -2.29. The minimum absolute atomic E-state index is 0.0109. The molecule has 0 heterocycles. The zero-order chi connectivity index (χ0) is 20.2. The summed E-state index contributed by atoms with van der Waals surface area (Å²) < 4.78 is 6.07. The number of esters is 1. The number of benzene rings is 2. The molecule has 0 spiro atoms. The highest BCUT2D eigenvalue weighted by atomic mass is 16.5. The Bertz CT molecular complexity index is 624. The predicted octanol–water partition coefficient (Wildman–Crippen LogP) is 6.25. The maximum atomic E-state index is 13.1. The van der Waals surface area contributed by atoms with Gasteiger partial charge in [0.2, 0.25) is 0 Å². The van der Waals surface area contributed by atoms with E-state index in [4.69, 9.17) is 4.74 Å². The number of ether oxygens (including phenoxy) is 1. The summed E-state index contributed by atoms with van der Waals surface area (Å²) in [5.74, 6) is 0.287. The first-order valence-electron chi connectivity index (χ1n) is 10.7. The second-order valence-corrected chi connectivity index (χ2v) is 7.47. The number of para-hydroxylation sites is 1. The minimum Gasteiger partial charge on any atom is -0.461 e. The highest BCUT2D eigenvalue weighted by Crippen LogP contribution is 2.24. The normalized spacial score (nSPS) is 13.1. The van der Waals surface area contributed by atoms with E-state index >= 15 is 0 Å². The van der Waals surface area contributed by atoms with E-state index in [1.807, 2.05) is 48.5 Å². The summed E-state index contributed by atoms with van der Waals surface area (Å²) >= 11 is 0. The molecule has 3 heteroatoms. The van der Waals surface area contributed by atoms with Crippen LogP contribution in [0.5, 0.6) is 0 Å². The molecular weight excluding hydrogens is 346 g/mol. The Morgan fingerprint density at radius 1 is 0.893 bits per heavy atom. The van der Waals surface area contributed by atoms with Crippen LogP contribution >= 0.6 is 0 Å². The molecular formula is C25H35NO2. The quantitative estimate of drug-likeness (QED) is 0.442. The number of carbonyl (C=O) groups is 1. The van der Waals surface area contributed by atoms with Gasteiger partial charge >= 0.3 is 5.97 Å². The predicted molar refractivity (Wildman–Crippen MR) is 117 cm³/mol. The molecule has 28 heavy (non-hydrogen) atoms. The van der Waals surface area contributed by atoms with E-state index in [9.17, 15) is 4.79 Å². The molecule has 0 amide bonds. The standard InChI is InChI=1S/C25H35NO2/c1-4-13-21(14-5-2)24(6-3)28-25(27)23(19-20-15-9-7-10-16-20)26-22-17-11-8-12-18-22/h7-12,15-18,21,23-24,26H,4-6,13-14,19H2,1-3H3/t23-,24+/m1/s1. The van der Waals surface area contributed by atoms with E-state index in [0.29, 0.717) is 12.3 Å². The van der Waals surface area contributed by atoms with E-state index < -0.39 is 6.04 Å². The van der Waals surface area contributed by atoms with Crippen molar-refractivity contribution in [1.82, 2.24) is 0 Å². The fourth-order valence-electron chi connectivity index (χ4n) is 3.78. The van der Waals surface area contributed by atoms with Crippen LogP contribution in [0.25, 0.3) is 0 Å². The number of hydrogen-bond acceptors (Lipinski definition) is 3. The largest absolute Gasteiger partial charge is 0.461 e. The summed E-state index contributed by atoms with van der Waals surface area (Å²) in [4.78, 5) is 13.1. The Balaban J connectivity index is 2.14. The number of nitrogens with one attached hydrogen (secondary N) is 1. The third-order valence-electron chi connectivity index (χ3n) is 5.20. The highest BCUT2D eigenvalue weighted by Gasteiger charge is 2.27. The van der Waals surface area contributed by atoms with Gasteiger partial charge in [-0.2, -0.15) is 0 Å². The summed E-state index contributed by atoms with van der Waals surface area (Å²) in [6, 6.07) is 19.6. The van der Waals surface area contributed by atoms with Crippen LogP contribution in [0, 0.1) is 5.92 Å². The van der Waals surface area contributed by atoms with Crippen LogP contribution in [0.4, 0.5) is 5.69 Å². The molecule has 0 fully saturated rings. The molecule has 0 saturated heterocycles. The Kier molecular flexibility index (Phi) is 9.61. The number of carbonyl (C=O) groups excluding carboxylic acids is 1.